The number of rotatable bonds is 1. The average molecular weight is 387 g/mol. The second kappa shape index (κ2) is 6.06. The first kappa shape index (κ1) is 17.7. The van der Waals surface area contributed by atoms with Crippen LogP contribution in [0.5, 0.6) is 0 Å². The average Bonchev–Trinajstić information content (AvgIpc) is 3.31. The van der Waals surface area contributed by atoms with Crippen molar-refractivity contribution in [1.29, 1.82) is 0 Å². The van der Waals surface area contributed by atoms with Crippen LogP contribution in [0.15, 0.2) is 47.6 Å². The van der Waals surface area contributed by atoms with Crippen LogP contribution in [-0.4, -0.2) is 11.8 Å². The molecule has 2 saturated carbocycles. The minimum absolute atomic E-state index is 0.136. The summed E-state index contributed by atoms with van der Waals surface area (Å²) in [7, 11) is 0. The zero-order valence-corrected chi connectivity index (χ0v) is 15.2. The van der Waals surface area contributed by atoms with E-state index in [1.54, 1.807) is 0 Å². The third-order valence-corrected chi connectivity index (χ3v) is 6.73. The van der Waals surface area contributed by atoms with Crippen LogP contribution in [0, 0.1) is 23.7 Å². The molecule has 0 unspecified atom stereocenters. The number of allylic oxidation sites excluding steroid dienone is 4. The molecular weight excluding hydrogens is 367 g/mol. The van der Waals surface area contributed by atoms with Crippen LogP contribution >= 0.6 is 0 Å². The van der Waals surface area contributed by atoms with Gasteiger partial charge in [-0.25, -0.2) is 4.90 Å². The van der Waals surface area contributed by atoms with Gasteiger partial charge in [-0.15, -0.1) is 0 Å². The Labute approximate surface area is 160 Å². The van der Waals surface area contributed by atoms with Gasteiger partial charge >= 0.3 is 6.18 Å². The molecule has 4 aliphatic rings. The normalized spacial score (nSPS) is 31.9. The first-order valence-corrected chi connectivity index (χ1v) is 9.84. The zero-order valence-electron chi connectivity index (χ0n) is 15.2. The van der Waals surface area contributed by atoms with Gasteiger partial charge in [0.2, 0.25) is 11.8 Å². The maximum atomic E-state index is 13.4. The van der Waals surface area contributed by atoms with E-state index in [0.717, 1.165) is 36.6 Å². The molecule has 5 rings (SSSR count). The molecule has 3 fully saturated rings. The highest BCUT2D eigenvalue weighted by atomic mass is 19.4. The fraction of sp³-hybridized carbons (Fsp3) is 0.455. The molecule has 6 heteroatoms. The Balaban J connectivity index is 1.55. The molecule has 4 atom stereocenters. The summed E-state index contributed by atoms with van der Waals surface area (Å²) in [6.45, 7) is 0. The highest BCUT2D eigenvalue weighted by Crippen LogP contribution is 2.58. The van der Waals surface area contributed by atoms with Gasteiger partial charge < -0.3 is 0 Å². The van der Waals surface area contributed by atoms with Gasteiger partial charge in [-0.05, 0) is 37.8 Å². The topological polar surface area (TPSA) is 37.4 Å². The van der Waals surface area contributed by atoms with Crippen molar-refractivity contribution < 1.29 is 22.8 Å². The van der Waals surface area contributed by atoms with E-state index in [2.05, 4.69) is 0 Å². The van der Waals surface area contributed by atoms with Crippen LogP contribution in [0.4, 0.5) is 18.9 Å². The number of fused-ring (bicyclic) bond motifs is 5. The summed E-state index contributed by atoms with van der Waals surface area (Å²) >= 11 is 0. The fourth-order valence-corrected chi connectivity index (χ4v) is 5.65. The Kier molecular flexibility index (Phi) is 3.83. The van der Waals surface area contributed by atoms with E-state index in [0.29, 0.717) is 0 Å². The third kappa shape index (κ3) is 2.36. The Hall–Kier alpha value is -2.37. The van der Waals surface area contributed by atoms with Gasteiger partial charge in [-0.3, -0.25) is 9.59 Å². The molecule has 2 bridgehead atoms. The lowest BCUT2D eigenvalue weighted by Gasteiger charge is -2.24. The summed E-state index contributed by atoms with van der Waals surface area (Å²) in [5.74, 6) is -2.37. The number of nitrogens with zero attached hydrogens (tertiary/aromatic N) is 1. The van der Waals surface area contributed by atoms with Gasteiger partial charge in [0.25, 0.3) is 0 Å². The molecule has 1 saturated heterocycles. The summed E-state index contributed by atoms with van der Waals surface area (Å²) in [5.41, 5.74) is 1.29. The van der Waals surface area contributed by atoms with Gasteiger partial charge in [0.15, 0.2) is 0 Å². The summed E-state index contributed by atoms with van der Waals surface area (Å²) in [4.78, 5) is 27.2. The summed E-state index contributed by atoms with van der Waals surface area (Å²) in [5, 5.41) is 0. The first-order chi connectivity index (χ1) is 13.4. The van der Waals surface area contributed by atoms with Crippen LogP contribution in [0.2, 0.25) is 0 Å². The van der Waals surface area contributed by atoms with Crippen molar-refractivity contribution in [3.05, 3.63) is 53.1 Å². The van der Waals surface area contributed by atoms with Crippen molar-refractivity contribution in [3.63, 3.8) is 0 Å². The molecule has 3 aliphatic carbocycles. The van der Waals surface area contributed by atoms with Crippen LogP contribution in [-0.2, 0) is 15.8 Å². The third-order valence-electron chi connectivity index (χ3n) is 6.73. The number of imide groups is 1. The molecule has 2 amide bonds. The minimum Gasteiger partial charge on any atom is -0.274 e. The highest BCUT2D eigenvalue weighted by molar-refractivity contribution is 6.23. The molecule has 0 radical (unpaired) electrons. The van der Waals surface area contributed by atoms with Crippen LogP contribution in [0.3, 0.4) is 0 Å². The maximum absolute atomic E-state index is 13.4. The van der Waals surface area contributed by atoms with E-state index in [-0.39, 0.29) is 17.5 Å². The molecule has 0 aromatic heterocycles. The molecule has 1 aliphatic heterocycles. The van der Waals surface area contributed by atoms with Crippen LogP contribution < -0.4 is 4.90 Å². The van der Waals surface area contributed by atoms with Gasteiger partial charge in [-0.1, -0.05) is 41.9 Å². The largest absolute Gasteiger partial charge is 0.418 e. The fourth-order valence-electron chi connectivity index (χ4n) is 5.65. The lowest BCUT2D eigenvalue weighted by molar-refractivity contribution is -0.137. The summed E-state index contributed by atoms with van der Waals surface area (Å²) in [6.07, 6.45) is 4.83. The lowest BCUT2D eigenvalue weighted by atomic mass is 9.85. The van der Waals surface area contributed by atoms with Crippen molar-refractivity contribution in [2.75, 3.05) is 4.90 Å². The molecule has 1 aromatic carbocycles. The molecule has 0 spiro atoms. The molecule has 28 heavy (non-hydrogen) atoms. The number of benzene rings is 1. The molecule has 1 heterocycles. The Morgan fingerprint density at radius 3 is 2.00 bits per heavy atom. The number of hydrogen-bond donors (Lipinski definition) is 0. The van der Waals surface area contributed by atoms with Gasteiger partial charge in [0, 0.05) is 11.8 Å². The van der Waals surface area contributed by atoms with Gasteiger partial charge in [-0.2, -0.15) is 13.2 Å². The maximum Gasteiger partial charge on any atom is 0.418 e. The number of hydrogen-bond acceptors (Lipinski definition) is 2. The lowest BCUT2D eigenvalue weighted by Crippen LogP contribution is -2.35. The van der Waals surface area contributed by atoms with Crippen molar-refractivity contribution in [2.24, 2.45) is 23.7 Å². The standard InChI is InChI=1S/C22H20F3NO2/c23-22(24,25)15-8-4-5-9-16(15)26-20(27)18-13-10-11-14(19(18)21(26)28)17(13)12-6-2-1-3-7-12/h4-5,8-11,13-14,18-19H,1-3,6-7H2/t13-,14+,18+,19-. The number of anilines is 1. The van der Waals surface area contributed by atoms with Gasteiger partial charge in [0.1, 0.15) is 0 Å². The molecule has 1 aromatic rings. The van der Waals surface area contributed by atoms with E-state index in [1.807, 2.05) is 12.2 Å². The van der Waals surface area contributed by atoms with E-state index in [4.69, 9.17) is 0 Å². The van der Waals surface area contributed by atoms with Crippen molar-refractivity contribution >= 4 is 17.5 Å². The van der Waals surface area contributed by atoms with Gasteiger partial charge in [0.05, 0.1) is 23.1 Å². The highest BCUT2D eigenvalue weighted by Gasteiger charge is 2.62. The van der Waals surface area contributed by atoms with E-state index in [1.165, 1.54) is 35.8 Å². The Morgan fingerprint density at radius 1 is 0.857 bits per heavy atom. The predicted molar refractivity (Wildman–Crippen MR) is 97.1 cm³/mol. The Morgan fingerprint density at radius 2 is 1.43 bits per heavy atom. The van der Waals surface area contributed by atoms with E-state index < -0.39 is 35.4 Å². The first-order valence-electron chi connectivity index (χ1n) is 9.84. The number of carbonyl (C=O) groups excluding carboxylic acids is 2. The number of amides is 2. The van der Waals surface area contributed by atoms with E-state index in [9.17, 15) is 22.8 Å². The number of para-hydroxylation sites is 1. The minimum atomic E-state index is -4.62. The van der Waals surface area contributed by atoms with E-state index >= 15 is 0 Å². The number of carbonyl (C=O) groups is 2. The second-order valence-electron chi connectivity index (χ2n) is 8.13. The van der Waals surface area contributed by atoms with Crippen molar-refractivity contribution in [2.45, 2.75) is 38.3 Å². The summed E-state index contributed by atoms with van der Waals surface area (Å²) in [6, 6.07) is 4.85. The smallest absolute Gasteiger partial charge is 0.274 e. The second-order valence-corrected chi connectivity index (χ2v) is 8.13. The molecule has 146 valence electrons. The predicted octanol–water partition coefficient (Wildman–Crippen LogP) is 4.89. The number of alkyl halides is 3. The Bertz CT molecular complexity index is 888. The monoisotopic (exact) mass is 387 g/mol. The quantitative estimate of drug-likeness (QED) is 0.508. The van der Waals surface area contributed by atoms with Crippen molar-refractivity contribution in [3.8, 4) is 0 Å². The molecular formula is C22H20F3NO2. The molecule has 0 N–H and O–H groups in total. The van der Waals surface area contributed by atoms with Crippen molar-refractivity contribution in [1.82, 2.24) is 0 Å². The summed E-state index contributed by atoms with van der Waals surface area (Å²) < 4.78 is 40.3. The molecule has 3 nitrogen and oxygen atoms in total. The van der Waals surface area contributed by atoms with Crippen LogP contribution in [0.25, 0.3) is 0 Å². The SMILES string of the molecule is O=C1[C@@H]2[C@H](C(=O)N1c1ccccc1C(F)(F)F)[C@H]1C=C[C@@H]2C1=C1CCCCC1. The number of halogens is 3. The van der Waals surface area contributed by atoms with Crippen LogP contribution in [0.1, 0.15) is 37.7 Å². The zero-order chi connectivity index (χ0) is 19.6.